The van der Waals surface area contributed by atoms with Crippen LogP contribution in [0.15, 0.2) is 38.7 Å². The van der Waals surface area contributed by atoms with Crippen molar-refractivity contribution in [1.29, 1.82) is 0 Å². The number of ether oxygens (including phenoxy) is 1. The summed E-state index contributed by atoms with van der Waals surface area (Å²) in [6.07, 6.45) is 6.91. The number of nitrogens with zero attached hydrogens (tertiary/aromatic N) is 3. The SMILES string of the molecule is C/C=C/Cn1c(=O)n(C/C=C/C)c(=O)n(CC2(C)CO2)c1=O. The highest BCUT2D eigenvalue weighted by molar-refractivity contribution is 4.92. The number of aromatic nitrogens is 3. The van der Waals surface area contributed by atoms with Crippen molar-refractivity contribution in [3.63, 3.8) is 0 Å². The third-order valence-electron chi connectivity index (χ3n) is 3.56. The molecule has 0 spiro atoms. The molecule has 1 aromatic rings. The molecule has 0 saturated carbocycles. The van der Waals surface area contributed by atoms with E-state index in [1.54, 1.807) is 38.2 Å². The fraction of sp³-hybridized carbons (Fsp3) is 0.533. The zero-order chi connectivity index (χ0) is 16.3. The van der Waals surface area contributed by atoms with Gasteiger partial charge in [0.25, 0.3) is 0 Å². The molecule has 2 heterocycles. The maximum absolute atomic E-state index is 12.5. The van der Waals surface area contributed by atoms with E-state index in [2.05, 4.69) is 0 Å². The minimum absolute atomic E-state index is 0.141. The van der Waals surface area contributed by atoms with Gasteiger partial charge in [-0.1, -0.05) is 24.3 Å². The van der Waals surface area contributed by atoms with Crippen LogP contribution in [0.4, 0.5) is 0 Å². The molecule has 0 amide bonds. The van der Waals surface area contributed by atoms with Gasteiger partial charge in [0.2, 0.25) is 0 Å². The minimum atomic E-state index is -0.596. The molecule has 0 N–H and O–H groups in total. The van der Waals surface area contributed by atoms with Gasteiger partial charge >= 0.3 is 17.1 Å². The van der Waals surface area contributed by atoms with Gasteiger partial charge in [0, 0.05) is 0 Å². The van der Waals surface area contributed by atoms with Crippen molar-refractivity contribution in [3.05, 3.63) is 55.8 Å². The number of hydrogen-bond acceptors (Lipinski definition) is 4. The second-order valence-corrected chi connectivity index (χ2v) is 5.53. The van der Waals surface area contributed by atoms with Crippen LogP contribution in [0.25, 0.3) is 0 Å². The van der Waals surface area contributed by atoms with Gasteiger partial charge in [-0.15, -0.1) is 0 Å². The van der Waals surface area contributed by atoms with Crippen LogP contribution in [0.1, 0.15) is 20.8 Å². The molecule has 0 bridgehead atoms. The summed E-state index contributed by atoms with van der Waals surface area (Å²) in [6.45, 7) is 6.37. The van der Waals surface area contributed by atoms with Crippen LogP contribution in [0.5, 0.6) is 0 Å². The molecule has 7 heteroatoms. The third-order valence-corrected chi connectivity index (χ3v) is 3.56. The first-order valence-electron chi connectivity index (χ1n) is 7.24. The van der Waals surface area contributed by atoms with E-state index < -0.39 is 22.7 Å². The van der Waals surface area contributed by atoms with E-state index in [9.17, 15) is 14.4 Å². The Balaban J connectivity index is 2.63. The number of rotatable bonds is 6. The molecule has 1 atom stereocenters. The number of allylic oxidation sites excluding steroid dienone is 4. The summed E-state index contributed by atoms with van der Waals surface area (Å²) in [5, 5.41) is 0. The van der Waals surface area contributed by atoms with Crippen molar-refractivity contribution in [3.8, 4) is 0 Å². The molecule has 0 aliphatic carbocycles. The van der Waals surface area contributed by atoms with Gasteiger partial charge in [0.15, 0.2) is 0 Å². The zero-order valence-electron chi connectivity index (χ0n) is 13.1. The predicted molar refractivity (Wildman–Crippen MR) is 83.2 cm³/mol. The molecule has 120 valence electrons. The lowest BCUT2D eigenvalue weighted by Gasteiger charge is -2.13. The summed E-state index contributed by atoms with van der Waals surface area (Å²) in [5.74, 6) is 0. The molecule has 1 saturated heterocycles. The van der Waals surface area contributed by atoms with Crippen molar-refractivity contribution < 1.29 is 4.74 Å². The van der Waals surface area contributed by atoms with Gasteiger partial charge in [-0.3, -0.25) is 0 Å². The second kappa shape index (κ2) is 6.31. The van der Waals surface area contributed by atoms with E-state index in [0.717, 1.165) is 13.7 Å². The molecule has 7 nitrogen and oxygen atoms in total. The first-order valence-corrected chi connectivity index (χ1v) is 7.24. The van der Waals surface area contributed by atoms with Crippen LogP contribution in [0.3, 0.4) is 0 Å². The molecule has 1 aliphatic rings. The summed E-state index contributed by atoms with van der Waals surface area (Å²) in [6, 6.07) is 0. The highest BCUT2D eigenvalue weighted by atomic mass is 16.6. The van der Waals surface area contributed by atoms with E-state index in [1.807, 2.05) is 6.92 Å². The largest absolute Gasteiger partial charge is 0.368 e. The van der Waals surface area contributed by atoms with Crippen LogP contribution >= 0.6 is 0 Å². The molecular formula is C15H21N3O4. The molecular weight excluding hydrogens is 286 g/mol. The average Bonchev–Trinajstić information content (AvgIpc) is 3.21. The predicted octanol–water partition coefficient (Wildman–Crippen LogP) is 0.113. The fourth-order valence-corrected chi connectivity index (χ4v) is 2.10. The van der Waals surface area contributed by atoms with Gasteiger partial charge in [-0.2, -0.15) is 0 Å². The van der Waals surface area contributed by atoms with E-state index >= 15 is 0 Å². The average molecular weight is 307 g/mol. The first kappa shape index (κ1) is 16.2. The fourth-order valence-electron chi connectivity index (χ4n) is 2.10. The summed E-state index contributed by atoms with van der Waals surface area (Å²) in [4.78, 5) is 37.3. The van der Waals surface area contributed by atoms with Gasteiger partial charge in [0.1, 0.15) is 5.60 Å². The molecule has 1 fully saturated rings. The van der Waals surface area contributed by atoms with Crippen LogP contribution in [-0.4, -0.2) is 25.9 Å². The van der Waals surface area contributed by atoms with E-state index in [1.165, 1.54) is 0 Å². The maximum atomic E-state index is 12.5. The van der Waals surface area contributed by atoms with Gasteiger partial charge in [-0.05, 0) is 20.8 Å². The summed E-state index contributed by atoms with van der Waals surface area (Å²) in [5.41, 5.74) is -2.28. The monoisotopic (exact) mass is 307 g/mol. The zero-order valence-corrected chi connectivity index (χ0v) is 13.1. The Labute approximate surface area is 127 Å². The molecule has 1 aromatic heterocycles. The Bertz CT molecular complexity index is 723. The van der Waals surface area contributed by atoms with E-state index in [4.69, 9.17) is 4.74 Å². The first-order chi connectivity index (χ1) is 10.4. The highest BCUT2D eigenvalue weighted by Crippen LogP contribution is 2.26. The maximum Gasteiger partial charge on any atom is 0.336 e. The van der Waals surface area contributed by atoms with Gasteiger partial charge < -0.3 is 4.74 Å². The van der Waals surface area contributed by atoms with Crippen LogP contribution < -0.4 is 17.1 Å². The summed E-state index contributed by atoms with van der Waals surface area (Å²) in [7, 11) is 0. The third kappa shape index (κ3) is 3.19. The standard InChI is InChI=1S/C15H21N3O4/c1-4-6-8-16-12(19)17(9-7-5-2)14(21)18(13(16)20)10-15(3)11-22-15/h4-7H,8-11H2,1-3H3/b6-4+,7-5+. The van der Waals surface area contributed by atoms with Crippen molar-refractivity contribution in [1.82, 2.24) is 13.7 Å². The van der Waals surface area contributed by atoms with Crippen LogP contribution in [-0.2, 0) is 24.4 Å². The Morgan fingerprint density at radius 1 is 0.955 bits per heavy atom. The van der Waals surface area contributed by atoms with Crippen molar-refractivity contribution in [2.75, 3.05) is 6.61 Å². The highest BCUT2D eigenvalue weighted by Gasteiger charge is 2.40. The second-order valence-electron chi connectivity index (χ2n) is 5.53. The Morgan fingerprint density at radius 2 is 1.36 bits per heavy atom. The molecule has 0 aromatic carbocycles. The Morgan fingerprint density at radius 3 is 1.73 bits per heavy atom. The number of hydrogen-bond donors (Lipinski definition) is 0. The summed E-state index contributed by atoms with van der Waals surface area (Å²) >= 11 is 0. The lowest BCUT2D eigenvalue weighted by atomic mass is 10.2. The normalized spacial score (nSPS) is 21.0. The van der Waals surface area contributed by atoms with Gasteiger partial charge in [0.05, 0.1) is 26.2 Å². The molecule has 1 aliphatic heterocycles. The van der Waals surface area contributed by atoms with Crippen LogP contribution in [0.2, 0.25) is 0 Å². The van der Waals surface area contributed by atoms with Crippen molar-refractivity contribution in [2.24, 2.45) is 0 Å². The smallest absolute Gasteiger partial charge is 0.336 e. The number of epoxide rings is 1. The Kier molecular flexibility index (Phi) is 4.65. The van der Waals surface area contributed by atoms with Crippen molar-refractivity contribution in [2.45, 2.75) is 46.0 Å². The quantitative estimate of drug-likeness (QED) is 0.552. The molecule has 0 radical (unpaired) electrons. The molecule has 22 heavy (non-hydrogen) atoms. The topological polar surface area (TPSA) is 78.5 Å². The van der Waals surface area contributed by atoms with Crippen LogP contribution in [0, 0.1) is 0 Å². The lowest BCUT2D eigenvalue weighted by Crippen LogP contribution is -2.55. The summed E-state index contributed by atoms with van der Waals surface area (Å²) < 4.78 is 8.48. The van der Waals surface area contributed by atoms with E-state index in [0.29, 0.717) is 6.61 Å². The van der Waals surface area contributed by atoms with Crippen molar-refractivity contribution >= 4 is 0 Å². The lowest BCUT2D eigenvalue weighted by molar-refractivity contribution is 0.280. The molecule has 1 unspecified atom stereocenters. The van der Waals surface area contributed by atoms with E-state index in [-0.39, 0.29) is 19.6 Å². The minimum Gasteiger partial charge on any atom is -0.368 e. The van der Waals surface area contributed by atoms with Gasteiger partial charge in [-0.25, -0.2) is 28.1 Å². The molecule has 2 rings (SSSR count). The Hall–Kier alpha value is -2.15.